The number of hydrogen-bond donors (Lipinski definition) is 1. The van der Waals surface area contributed by atoms with E-state index >= 15 is 0 Å². The van der Waals surface area contributed by atoms with E-state index in [2.05, 4.69) is 36.2 Å². The smallest absolute Gasteiger partial charge is 0.365 e. The quantitative estimate of drug-likeness (QED) is 0.908. The second-order valence-corrected chi connectivity index (χ2v) is 5.77. The maximum atomic E-state index is 10.7. The Kier molecular flexibility index (Phi) is 4.38. The van der Waals surface area contributed by atoms with Gasteiger partial charge in [0.05, 0.1) is 5.69 Å². The van der Waals surface area contributed by atoms with Gasteiger partial charge in [-0.05, 0) is 12.5 Å². The highest BCUT2D eigenvalue weighted by Gasteiger charge is 2.08. The van der Waals surface area contributed by atoms with Crippen LogP contribution < -0.4 is 0 Å². The SMILES string of the molecule is Cc1cccc(CSCc2csc(C(=O)O)n2)c1. The summed E-state index contributed by atoms with van der Waals surface area (Å²) < 4.78 is 0. The van der Waals surface area contributed by atoms with Crippen molar-refractivity contribution in [2.45, 2.75) is 18.4 Å². The van der Waals surface area contributed by atoms with Crippen molar-refractivity contribution < 1.29 is 9.90 Å². The first-order valence-electron chi connectivity index (χ1n) is 5.46. The predicted molar refractivity (Wildman–Crippen MR) is 75.3 cm³/mol. The lowest BCUT2D eigenvalue weighted by Gasteiger charge is -2.01. The van der Waals surface area contributed by atoms with Gasteiger partial charge in [-0.2, -0.15) is 11.8 Å². The standard InChI is InChI=1S/C13H13NO2S2/c1-9-3-2-4-10(5-9)6-17-7-11-8-18-12(14-11)13(15)16/h2-5,8H,6-7H2,1H3,(H,15,16). The van der Waals surface area contributed by atoms with E-state index in [9.17, 15) is 4.79 Å². The Hall–Kier alpha value is -1.33. The van der Waals surface area contributed by atoms with Gasteiger partial charge in [0.1, 0.15) is 0 Å². The second-order valence-electron chi connectivity index (χ2n) is 3.93. The van der Waals surface area contributed by atoms with Crippen molar-refractivity contribution in [2.75, 3.05) is 0 Å². The number of thioether (sulfide) groups is 1. The fourth-order valence-corrected chi connectivity index (χ4v) is 3.18. The zero-order valence-electron chi connectivity index (χ0n) is 9.92. The molecular formula is C13H13NO2S2. The maximum absolute atomic E-state index is 10.7. The molecule has 2 aromatic rings. The highest BCUT2D eigenvalue weighted by molar-refractivity contribution is 7.97. The van der Waals surface area contributed by atoms with Crippen LogP contribution in [0.5, 0.6) is 0 Å². The third-order valence-corrected chi connectivity index (χ3v) is 4.25. The monoisotopic (exact) mass is 279 g/mol. The van der Waals surface area contributed by atoms with Gasteiger partial charge in [-0.25, -0.2) is 9.78 Å². The molecule has 0 bridgehead atoms. The third-order valence-electron chi connectivity index (χ3n) is 2.34. The molecule has 0 aliphatic rings. The summed E-state index contributed by atoms with van der Waals surface area (Å²) in [5.74, 6) is 0.717. The van der Waals surface area contributed by atoms with Crippen molar-refractivity contribution in [3.8, 4) is 0 Å². The zero-order valence-corrected chi connectivity index (χ0v) is 11.6. The number of benzene rings is 1. The van der Waals surface area contributed by atoms with Gasteiger partial charge in [-0.3, -0.25) is 0 Å². The molecular weight excluding hydrogens is 266 g/mol. The van der Waals surface area contributed by atoms with E-state index in [0.717, 1.165) is 17.2 Å². The first kappa shape index (κ1) is 13.1. The lowest BCUT2D eigenvalue weighted by molar-refractivity contribution is 0.0696. The number of thiazole rings is 1. The van der Waals surface area contributed by atoms with E-state index in [1.54, 1.807) is 11.8 Å². The van der Waals surface area contributed by atoms with Gasteiger partial charge in [0.2, 0.25) is 5.01 Å². The van der Waals surface area contributed by atoms with Crippen molar-refractivity contribution in [3.63, 3.8) is 0 Å². The van der Waals surface area contributed by atoms with E-state index in [1.807, 2.05) is 5.38 Å². The Morgan fingerprint density at radius 2 is 2.28 bits per heavy atom. The molecule has 1 aromatic heterocycles. The van der Waals surface area contributed by atoms with Crippen LogP contribution in [0.4, 0.5) is 0 Å². The van der Waals surface area contributed by atoms with Crippen LogP contribution >= 0.6 is 23.1 Å². The molecule has 2 rings (SSSR count). The molecule has 18 heavy (non-hydrogen) atoms. The molecule has 0 saturated heterocycles. The first-order chi connectivity index (χ1) is 8.65. The van der Waals surface area contributed by atoms with Crippen LogP contribution in [0.15, 0.2) is 29.6 Å². The number of carboxylic acids is 1. The number of aromatic nitrogens is 1. The van der Waals surface area contributed by atoms with Gasteiger partial charge in [-0.1, -0.05) is 29.8 Å². The van der Waals surface area contributed by atoms with Crippen molar-refractivity contribution >= 4 is 29.1 Å². The van der Waals surface area contributed by atoms with E-state index in [0.29, 0.717) is 0 Å². The summed E-state index contributed by atoms with van der Waals surface area (Å²) in [4.78, 5) is 14.7. The second kappa shape index (κ2) is 6.02. The minimum atomic E-state index is -0.949. The zero-order chi connectivity index (χ0) is 13.0. The largest absolute Gasteiger partial charge is 0.476 e. The van der Waals surface area contributed by atoms with Gasteiger partial charge < -0.3 is 5.11 Å². The molecule has 0 aliphatic heterocycles. The molecule has 0 spiro atoms. The topological polar surface area (TPSA) is 50.2 Å². The van der Waals surface area contributed by atoms with Gasteiger partial charge in [-0.15, -0.1) is 11.3 Å². The van der Waals surface area contributed by atoms with E-state index in [4.69, 9.17) is 5.11 Å². The summed E-state index contributed by atoms with van der Waals surface area (Å²) in [6, 6.07) is 8.39. The Morgan fingerprint density at radius 3 is 2.94 bits per heavy atom. The Labute approximate surface area is 114 Å². The summed E-state index contributed by atoms with van der Waals surface area (Å²) in [5.41, 5.74) is 3.39. The number of carboxylic acid groups (broad SMARTS) is 1. The molecule has 0 fully saturated rings. The molecule has 0 aliphatic carbocycles. The molecule has 0 unspecified atom stereocenters. The third kappa shape index (κ3) is 3.58. The van der Waals surface area contributed by atoms with E-state index in [-0.39, 0.29) is 5.01 Å². The van der Waals surface area contributed by atoms with Gasteiger partial charge in [0.25, 0.3) is 0 Å². The Balaban J connectivity index is 1.86. The fourth-order valence-electron chi connectivity index (χ4n) is 1.55. The Bertz CT molecular complexity index is 551. The minimum Gasteiger partial charge on any atom is -0.476 e. The molecule has 1 N–H and O–H groups in total. The average molecular weight is 279 g/mol. The summed E-state index contributed by atoms with van der Waals surface area (Å²) in [6.45, 7) is 2.08. The molecule has 0 atom stereocenters. The molecule has 0 radical (unpaired) electrons. The molecule has 1 heterocycles. The normalized spacial score (nSPS) is 10.5. The number of rotatable bonds is 5. The van der Waals surface area contributed by atoms with Gasteiger partial charge >= 0.3 is 5.97 Å². The molecule has 0 amide bonds. The summed E-state index contributed by atoms with van der Waals surface area (Å²) in [6.07, 6.45) is 0. The number of hydrogen-bond acceptors (Lipinski definition) is 4. The lowest BCUT2D eigenvalue weighted by Crippen LogP contribution is -1.95. The molecule has 0 saturated carbocycles. The van der Waals surface area contributed by atoms with E-state index in [1.165, 1.54) is 22.5 Å². The van der Waals surface area contributed by atoms with Crippen LogP contribution in [0.2, 0.25) is 0 Å². The highest BCUT2D eigenvalue weighted by atomic mass is 32.2. The van der Waals surface area contributed by atoms with Crippen molar-refractivity contribution in [2.24, 2.45) is 0 Å². The summed E-state index contributed by atoms with van der Waals surface area (Å²) in [7, 11) is 0. The maximum Gasteiger partial charge on any atom is 0.365 e. The van der Waals surface area contributed by atoms with Crippen LogP contribution in [0.1, 0.15) is 26.6 Å². The number of aryl methyl sites for hydroxylation is 1. The summed E-state index contributed by atoms with van der Waals surface area (Å²) in [5, 5.41) is 10.8. The number of nitrogens with zero attached hydrogens (tertiary/aromatic N) is 1. The van der Waals surface area contributed by atoms with Crippen molar-refractivity contribution in [1.82, 2.24) is 4.98 Å². The fraction of sp³-hybridized carbons (Fsp3) is 0.231. The Morgan fingerprint density at radius 1 is 1.44 bits per heavy atom. The highest BCUT2D eigenvalue weighted by Crippen LogP contribution is 2.20. The van der Waals surface area contributed by atoms with E-state index < -0.39 is 5.97 Å². The van der Waals surface area contributed by atoms with Gasteiger partial charge in [0.15, 0.2) is 0 Å². The van der Waals surface area contributed by atoms with Crippen LogP contribution in [0, 0.1) is 6.92 Å². The summed E-state index contributed by atoms with van der Waals surface area (Å²) >= 11 is 2.93. The van der Waals surface area contributed by atoms with Crippen LogP contribution in [-0.4, -0.2) is 16.1 Å². The van der Waals surface area contributed by atoms with Crippen molar-refractivity contribution in [3.05, 3.63) is 51.5 Å². The van der Waals surface area contributed by atoms with Crippen LogP contribution in [0.3, 0.4) is 0 Å². The molecule has 5 heteroatoms. The molecule has 94 valence electrons. The number of carbonyl (C=O) groups is 1. The minimum absolute atomic E-state index is 0.168. The van der Waals surface area contributed by atoms with Crippen LogP contribution in [-0.2, 0) is 11.5 Å². The lowest BCUT2D eigenvalue weighted by atomic mass is 10.2. The molecule has 3 nitrogen and oxygen atoms in total. The predicted octanol–water partition coefficient (Wildman–Crippen LogP) is 3.58. The van der Waals surface area contributed by atoms with Gasteiger partial charge in [0, 0.05) is 16.9 Å². The molecule has 1 aromatic carbocycles. The van der Waals surface area contributed by atoms with Crippen molar-refractivity contribution in [1.29, 1.82) is 0 Å². The van der Waals surface area contributed by atoms with Crippen LogP contribution in [0.25, 0.3) is 0 Å². The number of aromatic carboxylic acids is 1. The first-order valence-corrected chi connectivity index (χ1v) is 7.49. The average Bonchev–Trinajstić information content (AvgIpc) is 2.78.